The number of hydrogen-bond acceptors (Lipinski definition) is 3. The summed E-state index contributed by atoms with van der Waals surface area (Å²) < 4.78 is 20.0. The van der Waals surface area contributed by atoms with Gasteiger partial charge in [-0.25, -0.2) is 4.39 Å². The van der Waals surface area contributed by atoms with Crippen molar-refractivity contribution in [3.63, 3.8) is 0 Å². The molecule has 1 atom stereocenters. The van der Waals surface area contributed by atoms with E-state index < -0.39 is 6.10 Å². The van der Waals surface area contributed by atoms with Crippen LogP contribution in [0.2, 0.25) is 0 Å². The number of aliphatic hydroxyl groups is 1. The fraction of sp³-hybridized carbons (Fsp3) is 0.250. The number of halogens is 2. The SMILES string of the molecule is Cc1ccc(NCC(O)COc2ccc(Br)cc2)c(F)c1. The molecule has 0 saturated heterocycles. The van der Waals surface area contributed by atoms with Gasteiger partial charge in [-0.1, -0.05) is 22.0 Å². The number of rotatable bonds is 6. The lowest BCUT2D eigenvalue weighted by Crippen LogP contribution is -2.26. The minimum absolute atomic E-state index is 0.141. The monoisotopic (exact) mass is 353 g/mol. The summed E-state index contributed by atoms with van der Waals surface area (Å²) in [5.74, 6) is 0.356. The van der Waals surface area contributed by atoms with E-state index in [1.165, 1.54) is 6.07 Å². The molecule has 0 aliphatic carbocycles. The van der Waals surface area contributed by atoms with Gasteiger partial charge in [-0.2, -0.15) is 0 Å². The maximum atomic E-state index is 13.6. The van der Waals surface area contributed by atoms with Crippen LogP contribution >= 0.6 is 15.9 Å². The van der Waals surface area contributed by atoms with Crippen LogP contribution in [0.15, 0.2) is 46.9 Å². The van der Waals surface area contributed by atoms with E-state index in [0.717, 1.165) is 10.0 Å². The Morgan fingerprint density at radius 2 is 1.95 bits per heavy atom. The van der Waals surface area contributed by atoms with E-state index in [1.807, 2.05) is 37.3 Å². The Hall–Kier alpha value is -1.59. The zero-order valence-electron chi connectivity index (χ0n) is 11.6. The molecule has 5 heteroatoms. The van der Waals surface area contributed by atoms with Crippen molar-refractivity contribution in [1.82, 2.24) is 0 Å². The standard InChI is InChI=1S/C16H17BrFNO2/c1-11-2-7-16(15(18)8-11)19-9-13(20)10-21-14-5-3-12(17)4-6-14/h2-8,13,19-20H,9-10H2,1H3. The number of aryl methyl sites for hydroxylation is 1. The predicted octanol–water partition coefficient (Wildman–Crippen LogP) is 3.75. The average molecular weight is 354 g/mol. The molecule has 0 aliphatic rings. The van der Waals surface area contributed by atoms with Gasteiger partial charge in [0, 0.05) is 11.0 Å². The lowest BCUT2D eigenvalue weighted by molar-refractivity contribution is 0.117. The molecule has 2 aromatic rings. The van der Waals surface area contributed by atoms with Gasteiger partial charge in [-0.05, 0) is 48.9 Å². The van der Waals surface area contributed by atoms with E-state index in [-0.39, 0.29) is 19.0 Å². The van der Waals surface area contributed by atoms with E-state index in [4.69, 9.17) is 4.74 Å². The van der Waals surface area contributed by atoms with Gasteiger partial charge in [0.25, 0.3) is 0 Å². The smallest absolute Gasteiger partial charge is 0.146 e. The molecule has 1 unspecified atom stereocenters. The highest BCUT2D eigenvalue weighted by Gasteiger charge is 2.07. The molecule has 0 radical (unpaired) electrons. The second-order valence-corrected chi connectivity index (χ2v) is 5.70. The Balaban J connectivity index is 1.79. The fourth-order valence-corrected chi connectivity index (χ4v) is 2.04. The van der Waals surface area contributed by atoms with Crippen LogP contribution in [0.25, 0.3) is 0 Å². The van der Waals surface area contributed by atoms with Gasteiger partial charge < -0.3 is 15.2 Å². The van der Waals surface area contributed by atoms with Gasteiger partial charge in [-0.3, -0.25) is 0 Å². The number of benzene rings is 2. The highest BCUT2D eigenvalue weighted by atomic mass is 79.9. The summed E-state index contributed by atoms with van der Waals surface area (Å²) in [6.45, 7) is 2.19. The third kappa shape index (κ3) is 5.02. The van der Waals surface area contributed by atoms with E-state index >= 15 is 0 Å². The van der Waals surface area contributed by atoms with E-state index in [9.17, 15) is 9.50 Å². The summed E-state index contributed by atoms with van der Waals surface area (Å²) in [5, 5.41) is 12.7. The molecular weight excluding hydrogens is 337 g/mol. The molecule has 0 saturated carbocycles. The Morgan fingerprint density at radius 1 is 1.24 bits per heavy atom. The minimum Gasteiger partial charge on any atom is -0.491 e. The van der Waals surface area contributed by atoms with Gasteiger partial charge in [0.05, 0.1) is 5.69 Å². The summed E-state index contributed by atoms with van der Waals surface area (Å²) in [4.78, 5) is 0. The third-order valence-corrected chi connectivity index (χ3v) is 3.44. The maximum Gasteiger partial charge on any atom is 0.146 e. The molecule has 0 bridgehead atoms. The molecule has 0 aliphatic heterocycles. The van der Waals surface area contributed by atoms with Crippen LogP contribution in [-0.2, 0) is 0 Å². The van der Waals surface area contributed by atoms with Crippen molar-refractivity contribution < 1.29 is 14.2 Å². The van der Waals surface area contributed by atoms with Crippen LogP contribution in [0, 0.1) is 12.7 Å². The number of nitrogens with one attached hydrogen (secondary N) is 1. The molecule has 2 N–H and O–H groups in total. The molecule has 0 aromatic heterocycles. The summed E-state index contributed by atoms with van der Waals surface area (Å²) in [7, 11) is 0. The third-order valence-electron chi connectivity index (χ3n) is 2.91. The topological polar surface area (TPSA) is 41.5 Å². The number of ether oxygens (including phenoxy) is 1. The summed E-state index contributed by atoms with van der Waals surface area (Å²) >= 11 is 3.34. The molecule has 2 aromatic carbocycles. The van der Waals surface area contributed by atoms with Gasteiger partial charge in [0.2, 0.25) is 0 Å². The first-order chi connectivity index (χ1) is 10.0. The molecule has 0 heterocycles. The van der Waals surface area contributed by atoms with Gasteiger partial charge in [0.1, 0.15) is 24.3 Å². The van der Waals surface area contributed by atoms with Crippen LogP contribution in [-0.4, -0.2) is 24.4 Å². The molecule has 0 spiro atoms. The normalized spacial score (nSPS) is 12.0. The molecule has 0 amide bonds. The first kappa shape index (κ1) is 15.8. The first-order valence-electron chi connectivity index (χ1n) is 6.61. The number of hydrogen-bond donors (Lipinski definition) is 2. The molecule has 3 nitrogen and oxygen atoms in total. The maximum absolute atomic E-state index is 13.6. The second kappa shape index (κ2) is 7.43. The highest BCUT2D eigenvalue weighted by Crippen LogP contribution is 2.17. The highest BCUT2D eigenvalue weighted by molar-refractivity contribution is 9.10. The van der Waals surface area contributed by atoms with Crippen LogP contribution < -0.4 is 10.1 Å². The zero-order chi connectivity index (χ0) is 15.2. The lowest BCUT2D eigenvalue weighted by Gasteiger charge is -2.14. The minimum atomic E-state index is -0.727. The van der Waals surface area contributed by atoms with Crippen LogP contribution in [0.1, 0.15) is 5.56 Å². The van der Waals surface area contributed by atoms with E-state index in [0.29, 0.717) is 11.4 Å². The summed E-state index contributed by atoms with van der Waals surface area (Å²) in [6.07, 6.45) is -0.727. The molecule has 21 heavy (non-hydrogen) atoms. The van der Waals surface area contributed by atoms with E-state index in [1.54, 1.807) is 6.07 Å². The Bertz CT molecular complexity index is 589. The zero-order valence-corrected chi connectivity index (χ0v) is 13.2. The number of anilines is 1. The van der Waals surface area contributed by atoms with Crippen molar-refractivity contribution in [2.24, 2.45) is 0 Å². The summed E-state index contributed by atoms with van der Waals surface area (Å²) in [6, 6.07) is 12.3. The van der Waals surface area contributed by atoms with Gasteiger partial charge in [-0.15, -0.1) is 0 Å². The van der Waals surface area contributed by atoms with Crippen molar-refractivity contribution in [1.29, 1.82) is 0 Å². The largest absolute Gasteiger partial charge is 0.491 e. The summed E-state index contributed by atoms with van der Waals surface area (Å²) in [5.41, 5.74) is 1.24. The molecular formula is C16H17BrFNO2. The van der Waals surface area contributed by atoms with Crippen LogP contribution in [0.4, 0.5) is 10.1 Å². The quantitative estimate of drug-likeness (QED) is 0.830. The van der Waals surface area contributed by atoms with Crippen LogP contribution in [0.5, 0.6) is 5.75 Å². The van der Waals surface area contributed by atoms with E-state index in [2.05, 4.69) is 21.2 Å². The van der Waals surface area contributed by atoms with Gasteiger partial charge >= 0.3 is 0 Å². The number of aliphatic hydroxyl groups excluding tert-OH is 1. The Morgan fingerprint density at radius 3 is 2.62 bits per heavy atom. The predicted molar refractivity (Wildman–Crippen MR) is 85.3 cm³/mol. The lowest BCUT2D eigenvalue weighted by atomic mass is 10.2. The van der Waals surface area contributed by atoms with Crippen molar-refractivity contribution in [3.8, 4) is 5.75 Å². The van der Waals surface area contributed by atoms with Crippen LogP contribution in [0.3, 0.4) is 0 Å². The fourth-order valence-electron chi connectivity index (χ4n) is 1.77. The van der Waals surface area contributed by atoms with Crippen molar-refractivity contribution in [2.45, 2.75) is 13.0 Å². The average Bonchev–Trinajstić information content (AvgIpc) is 2.46. The van der Waals surface area contributed by atoms with Crippen molar-refractivity contribution in [2.75, 3.05) is 18.5 Å². The second-order valence-electron chi connectivity index (χ2n) is 4.78. The Kier molecular flexibility index (Phi) is 5.59. The molecule has 0 fully saturated rings. The molecule has 112 valence electrons. The van der Waals surface area contributed by atoms with Gasteiger partial charge in [0.15, 0.2) is 0 Å². The molecule has 2 rings (SSSR count). The first-order valence-corrected chi connectivity index (χ1v) is 7.40. The van der Waals surface area contributed by atoms with Crippen molar-refractivity contribution in [3.05, 3.63) is 58.3 Å². The Labute approximate surface area is 131 Å². The van der Waals surface area contributed by atoms with Crippen molar-refractivity contribution >= 4 is 21.6 Å².